The van der Waals surface area contributed by atoms with Crippen LogP contribution >= 0.6 is 0 Å². The maximum absolute atomic E-state index is 13.0. The first-order valence-electron chi connectivity index (χ1n) is 10.7. The molecule has 2 heterocycles. The van der Waals surface area contributed by atoms with Gasteiger partial charge in [-0.3, -0.25) is 4.79 Å². The summed E-state index contributed by atoms with van der Waals surface area (Å²) in [5.74, 6) is 0.698. The highest BCUT2D eigenvalue weighted by atomic mass is 32.2. The van der Waals surface area contributed by atoms with Crippen molar-refractivity contribution in [1.82, 2.24) is 9.62 Å². The van der Waals surface area contributed by atoms with Crippen molar-refractivity contribution in [2.75, 3.05) is 26.3 Å². The summed E-state index contributed by atoms with van der Waals surface area (Å²) in [5, 5.41) is 0. The van der Waals surface area contributed by atoms with Gasteiger partial charge in [0.15, 0.2) is 0 Å². The van der Waals surface area contributed by atoms with Gasteiger partial charge in [-0.1, -0.05) is 6.07 Å². The van der Waals surface area contributed by atoms with Gasteiger partial charge in [0, 0.05) is 31.8 Å². The van der Waals surface area contributed by atoms with Gasteiger partial charge in [-0.15, -0.1) is 0 Å². The van der Waals surface area contributed by atoms with Crippen molar-refractivity contribution in [3.05, 3.63) is 59.2 Å². The molecule has 1 fully saturated rings. The molecule has 4 rings (SSSR count). The van der Waals surface area contributed by atoms with Crippen molar-refractivity contribution < 1.29 is 22.7 Å². The topological polar surface area (TPSA) is 84.9 Å². The fraction of sp³-hybridized carbons (Fsp3) is 0.435. The first-order valence-corrected chi connectivity index (χ1v) is 12.2. The number of hydrogen-bond donors (Lipinski definition) is 1. The minimum atomic E-state index is -3.63. The van der Waals surface area contributed by atoms with Crippen LogP contribution in [0, 0.1) is 0 Å². The predicted octanol–water partition coefficient (Wildman–Crippen LogP) is 2.74. The molecule has 1 atom stereocenters. The summed E-state index contributed by atoms with van der Waals surface area (Å²) >= 11 is 0. The van der Waals surface area contributed by atoms with E-state index >= 15 is 0 Å². The molecule has 0 bridgehead atoms. The largest absolute Gasteiger partial charge is 0.494 e. The summed E-state index contributed by atoms with van der Waals surface area (Å²) in [5.41, 5.74) is 2.79. The zero-order chi connectivity index (χ0) is 21.8. The van der Waals surface area contributed by atoms with Gasteiger partial charge in [0.2, 0.25) is 10.0 Å². The number of amides is 1. The lowest BCUT2D eigenvalue weighted by Gasteiger charge is -2.29. The highest BCUT2D eigenvalue weighted by Gasteiger charge is 2.24. The third-order valence-electron chi connectivity index (χ3n) is 5.72. The van der Waals surface area contributed by atoms with Crippen molar-refractivity contribution in [3.8, 4) is 5.75 Å². The molecule has 0 radical (unpaired) electrons. The van der Waals surface area contributed by atoms with Crippen LogP contribution in [-0.2, 0) is 27.7 Å². The Morgan fingerprint density at radius 2 is 2.00 bits per heavy atom. The van der Waals surface area contributed by atoms with E-state index < -0.39 is 10.0 Å². The molecule has 0 saturated carbocycles. The Hall–Kier alpha value is -2.42. The molecule has 0 spiro atoms. The minimum Gasteiger partial charge on any atom is -0.494 e. The molecule has 31 heavy (non-hydrogen) atoms. The SMILES string of the molecule is CCOc1ccc2c(c1)CN(C(=O)c1ccc(S(=O)(=O)NCC3CCCO3)cc1)CC2. The Labute approximate surface area is 183 Å². The molecule has 2 aromatic carbocycles. The van der Waals surface area contributed by atoms with Crippen LogP contribution in [0.25, 0.3) is 0 Å². The number of rotatable bonds is 7. The van der Waals surface area contributed by atoms with E-state index in [0.29, 0.717) is 31.9 Å². The molecule has 2 aliphatic rings. The summed E-state index contributed by atoms with van der Waals surface area (Å²) in [6, 6.07) is 12.1. The van der Waals surface area contributed by atoms with Crippen molar-refractivity contribution in [2.24, 2.45) is 0 Å². The second-order valence-electron chi connectivity index (χ2n) is 7.85. The number of sulfonamides is 1. The quantitative estimate of drug-likeness (QED) is 0.710. The lowest BCUT2D eigenvalue weighted by atomic mass is 9.99. The molecule has 1 unspecified atom stereocenters. The van der Waals surface area contributed by atoms with Crippen LogP contribution in [0.15, 0.2) is 47.4 Å². The lowest BCUT2D eigenvalue weighted by molar-refractivity contribution is 0.0734. The molecule has 1 saturated heterocycles. The molecule has 166 valence electrons. The molecule has 0 aromatic heterocycles. The molecule has 1 N–H and O–H groups in total. The van der Waals surface area contributed by atoms with E-state index in [0.717, 1.165) is 30.6 Å². The van der Waals surface area contributed by atoms with Crippen LogP contribution in [0.1, 0.15) is 41.3 Å². The first kappa shape index (κ1) is 21.8. The van der Waals surface area contributed by atoms with Crippen molar-refractivity contribution in [3.63, 3.8) is 0 Å². The summed E-state index contributed by atoms with van der Waals surface area (Å²) in [6.07, 6.45) is 2.53. The molecule has 1 amide bonds. The Balaban J connectivity index is 1.41. The van der Waals surface area contributed by atoms with E-state index in [2.05, 4.69) is 10.8 Å². The smallest absolute Gasteiger partial charge is 0.254 e. The highest BCUT2D eigenvalue weighted by molar-refractivity contribution is 7.89. The predicted molar refractivity (Wildman–Crippen MR) is 117 cm³/mol. The van der Waals surface area contributed by atoms with Crippen LogP contribution in [-0.4, -0.2) is 51.6 Å². The first-order chi connectivity index (χ1) is 15.0. The van der Waals surface area contributed by atoms with Crippen LogP contribution < -0.4 is 9.46 Å². The minimum absolute atomic E-state index is 0.0687. The maximum atomic E-state index is 13.0. The number of hydrogen-bond acceptors (Lipinski definition) is 5. The summed E-state index contributed by atoms with van der Waals surface area (Å²) in [7, 11) is -3.63. The number of benzene rings is 2. The van der Waals surface area contributed by atoms with Crippen molar-refractivity contribution in [1.29, 1.82) is 0 Å². The van der Waals surface area contributed by atoms with E-state index in [4.69, 9.17) is 9.47 Å². The zero-order valence-corrected chi connectivity index (χ0v) is 18.5. The molecular formula is C23H28N2O5S. The van der Waals surface area contributed by atoms with Crippen LogP contribution in [0.2, 0.25) is 0 Å². The van der Waals surface area contributed by atoms with Crippen molar-refractivity contribution in [2.45, 2.75) is 43.7 Å². The number of ether oxygens (including phenoxy) is 2. The van der Waals surface area contributed by atoms with Gasteiger partial charge in [-0.25, -0.2) is 13.1 Å². The number of carbonyl (C=O) groups is 1. The van der Waals surface area contributed by atoms with Gasteiger partial charge >= 0.3 is 0 Å². The van der Waals surface area contributed by atoms with E-state index in [1.807, 2.05) is 19.1 Å². The highest BCUT2D eigenvalue weighted by Crippen LogP contribution is 2.25. The maximum Gasteiger partial charge on any atom is 0.254 e. The third-order valence-corrected chi connectivity index (χ3v) is 7.16. The van der Waals surface area contributed by atoms with Gasteiger partial charge in [-0.05, 0) is 73.7 Å². The van der Waals surface area contributed by atoms with E-state index in [1.165, 1.54) is 17.7 Å². The van der Waals surface area contributed by atoms with Gasteiger partial charge < -0.3 is 14.4 Å². The Bertz CT molecular complexity index is 1030. The van der Waals surface area contributed by atoms with Gasteiger partial charge in [0.05, 0.1) is 17.6 Å². The number of nitrogens with one attached hydrogen (secondary N) is 1. The van der Waals surface area contributed by atoms with Crippen LogP contribution in [0.4, 0.5) is 0 Å². The monoisotopic (exact) mass is 444 g/mol. The van der Waals surface area contributed by atoms with E-state index in [9.17, 15) is 13.2 Å². The number of fused-ring (bicyclic) bond motifs is 1. The average Bonchev–Trinajstić information content (AvgIpc) is 3.31. The number of nitrogens with zero attached hydrogens (tertiary/aromatic N) is 1. The van der Waals surface area contributed by atoms with Gasteiger partial charge in [-0.2, -0.15) is 0 Å². The van der Waals surface area contributed by atoms with Gasteiger partial charge in [0.1, 0.15) is 5.75 Å². The third kappa shape index (κ3) is 5.08. The van der Waals surface area contributed by atoms with Crippen molar-refractivity contribution >= 4 is 15.9 Å². The Kier molecular flexibility index (Phi) is 6.60. The molecule has 8 heteroatoms. The second kappa shape index (κ2) is 9.38. The fourth-order valence-electron chi connectivity index (χ4n) is 4.01. The summed E-state index contributed by atoms with van der Waals surface area (Å²) in [4.78, 5) is 14.9. The fourth-order valence-corrected chi connectivity index (χ4v) is 5.08. The standard InChI is InChI=1S/C23H28N2O5S/c1-2-29-20-8-5-17-11-12-25(16-19(17)14-20)23(26)18-6-9-22(10-7-18)31(27,28)24-15-21-4-3-13-30-21/h5-10,14,21,24H,2-4,11-13,15-16H2,1H3. The summed E-state index contributed by atoms with van der Waals surface area (Å²) < 4.78 is 38.7. The molecule has 7 nitrogen and oxygen atoms in total. The number of carbonyl (C=O) groups excluding carboxylic acids is 1. The van der Waals surface area contributed by atoms with Crippen LogP contribution in [0.5, 0.6) is 5.75 Å². The summed E-state index contributed by atoms with van der Waals surface area (Å²) in [6.45, 7) is 4.62. The lowest BCUT2D eigenvalue weighted by Crippen LogP contribution is -2.36. The van der Waals surface area contributed by atoms with Crippen LogP contribution in [0.3, 0.4) is 0 Å². The Morgan fingerprint density at radius 3 is 2.71 bits per heavy atom. The van der Waals surface area contributed by atoms with E-state index in [-0.39, 0.29) is 23.5 Å². The molecule has 2 aromatic rings. The van der Waals surface area contributed by atoms with Gasteiger partial charge in [0.25, 0.3) is 5.91 Å². The normalized spacial score (nSPS) is 18.6. The second-order valence-corrected chi connectivity index (χ2v) is 9.62. The molecule has 0 aliphatic carbocycles. The molecule has 2 aliphatic heterocycles. The van der Waals surface area contributed by atoms with E-state index in [1.54, 1.807) is 17.0 Å². The zero-order valence-electron chi connectivity index (χ0n) is 17.7. The average molecular weight is 445 g/mol. The Morgan fingerprint density at radius 1 is 1.19 bits per heavy atom. The molecular weight excluding hydrogens is 416 g/mol.